The number of para-hydroxylation sites is 1. The van der Waals surface area contributed by atoms with E-state index in [-0.39, 0.29) is 5.56 Å². The van der Waals surface area contributed by atoms with E-state index in [1.54, 1.807) is 14.2 Å². The van der Waals surface area contributed by atoms with E-state index in [0.29, 0.717) is 24.0 Å². The number of nitrogens with one attached hydrogen (secondary N) is 1. The van der Waals surface area contributed by atoms with Gasteiger partial charge in [0.25, 0.3) is 5.56 Å². The Hall–Kier alpha value is -1.99. The Morgan fingerprint density at radius 2 is 2.04 bits per heavy atom. The van der Waals surface area contributed by atoms with Crippen molar-refractivity contribution in [1.29, 1.82) is 0 Å². The van der Waals surface area contributed by atoms with Crippen molar-refractivity contribution in [1.82, 2.24) is 14.9 Å². The molecule has 7 heteroatoms. The summed E-state index contributed by atoms with van der Waals surface area (Å²) in [7, 11) is 5.22. The fourth-order valence-corrected chi connectivity index (χ4v) is 2.77. The Bertz CT molecular complexity index is 718. The van der Waals surface area contributed by atoms with Crippen LogP contribution in [-0.4, -0.2) is 42.4 Å². The highest BCUT2D eigenvalue weighted by Gasteiger charge is 2.12. The van der Waals surface area contributed by atoms with Crippen LogP contribution in [0.1, 0.15) is 11.3 Å². The van der Waals surface area contributed by atoms with Crippen molar-refractivity contribution in [2.24, 2.45) is 0 Å². The number of aromatic amines is 1. The number of hydrogen-bond donors (Lipinski definition) is 1. The summed E-state index contributed by atoms with van der Waals surface area (Å²) in [5, 5.41) is 0.625. The van der Waals surface area contributed by atoms with Crippen molar-refractivity contribution < 1.29 is 9.47 Å². The van der Waals surface area contributed by atoms with Gasteiger partial charge in [-0.15, -0.1) is 0 Å². The molecule has 0 amide bonds. The molecule has 0 saturated heterocycles. The van der Waals surface area contributed by atoms with E-state index >= 15 is 0 Å². The van der Waals surface area contributed by atoms with Gasteiger partial charge in [0, 0.05) is 24.7 Å². The van der Waals surface area contributed by atoms with Crippen LogP contribution in [0.25, 0.3) is 0 Å². The lowest BCUT2D eigenvalue weighted by atomic mass is 10.1. The molecule has 0 saturated carbocycles. The summed E-state index contributed by atoms with van der Waals surface area (Å²) in [5.41, 5.74) is 1.62. The molecule has 0 aliphatic carbocycles. The highest BCUT2D eigenvalue weighted by Crippen LogP contribution is 2.31. The summed E-state index contributed by atoms with van der Waals surface area (Å²) in [4.78, 5) is 20.8. The predicted octanol–water partition coefficient (Wildman–Crippen LogP) is 2.14. The number of benzene rings is 1. The van der Waals surface area contributed by atoms with Gasteiger partial charge in [0.2, 0.25) is 0 Å². The number of rotatable bonds is 7. The first-order valence-corrected chi connectivity index (χ1v) is 8.32. The first-order valence-electron chi connectivity index (χ1n) is 7.10. The molecule has 0 atom stereocenters. The Morgan fingerprint density at radius 1 is 1.26 bits per heavy atom. The van der Waals surface area contributed by atoms with Crippen LogP contribution in [0.3, 0.4) is 0 Å². The lowest BCUT2D eigenvalue weighted by Gasteiger charge is -2.19. The molecule has 0 unspecified atom stereocenters. The van der Waals surface area contributed by atoms with E-state index in [0.717, 1.165) is 17.0 Å². The first-order chi connectivity index (χ1) is 11.1. The van der Waals surface area contributed by atoms with Gasteiger partial charge in [0.15, 0.2) is 16.7 Å². The van der Waals surface area contributed by atoms with Gasteiger partial charge in [-0.05, 0) is 19.4 Å². The molecule has 6 nitrogen and oxygen atoms in total. The normalized spacial score (nSPS) is 10.8. The highest BCUT2D eigenvalue weighted by atomic mass is 32.2. The van der Waals surface area contributed by atoms with Gasteiger partial charge in [0.05, 0.1) is 19.9 Å². The zero-order chi connectivity index (χ0) is 16.8. The number of thioether (sulfide) groups is 1. The third-order valence-electron chi connectivity index (χ3n) is 3.32. The number of ether oxygens (including phenoxy) is 2. The molecule has 1 aromatic heterocycles. The minimum Gasteiger partial charge on any atom is -0.493 e. The Balaban J connectivity index is 2.15. The topological polar surface area (TPSA) is 67.5 Å². The summed E-state index contributed by atoms with van der Waals surface area (Å²) < 4.78 is 10.8. The first kappa shape index (κ1) is 17.4. The summed E-state index contributed by atoms with van der Waals surface area (Å²) in [6.45, 7) is 1.22. The summed E-state index contributed by atoms with van der Waals surface area (Å²) in [6.07, 6.45) is 1.88. The third kappa shape index (κ3) is 4.49. The van der Waals surface area contributed by atoms with Crippen molar-refractivity contribution in [3.05, 3.63) is 45.9 Å². The Labute approximate surface area is 139 Å². The molecule has 124 valence electrons. The minimum absolute atomic E-state index is 0.133. The number of H-pyrrole nitrogens is 1. The molecule has 0 bridgehead atoms. The average molecular weight is 335 g/mol. The smallest absolute Gasteiger partial charge is 0.251 e. The monoisotopic (exact) mass is 335 g/mol. The summed E-state index contributed by atoms with van der Waals surface area (Å²) >= 11 is 1.42. The van der Waals surface area contributed by atoms with E-state index < -0.39 is 0 Å². The molecule has 1 N–H and O–H groups in total. The third-order valence-corrected chi connectivity index (χ3v) is 3.90. The molecule has 0 aliphatic rings. The van der Waals surface area contributed by atoms with Gasteiger partial charge in [-0.3, -0.25) is 9.69 Å². The van der Waals surface area contributed by atoms with Gasteiger partial charge in [-0.1, -0.05) is 23.9 Å². The Morgan fingerprint density at radius 3 is 2.70 bits per heavy atom. The van der Waals surface area contributed by atoms with Gasteiger partial charge >= 0.3 is 0 Å². The van der Waals surface area contributed by atoms with E-state index in [1.807, 2.05) is 31.5 Å². The van der Waals surface area contributed by atoms with Crippen molar-refractivity contribution in [2.75, 3.05) is 27.5 Å². The second-order valence-corrected chi connectivity index (χ2v) is 5.87. The quantitative estimate of drug-likeness (QED) is 0.618. The fourth-order valence-electron chi connectivity index (χ4n) is 2.36. The molecular formula is C16H21N3O3S. The maximum absolute atomic E-state index is 11.6. The van der Waals surface area contributed by atoms with Crippen LogP contribution >= 0.6 is 11.8 Å². The maximum atomic E-state index is 11.6. The lowest BCUT2D eigenvalue weighted by molar-refractivity contribution is 0.299. The summed E-state index contributed by atoms with van der Waals surface area (Å²) in [6, 6.07) is 7.32. The molecular weight excluding hydrogens is 314 g/mol. The maximum Gasteiger partial charge on any atom is 0.251 e. The zero-order valence-electron chi connectivity index (χ0n) is 13.8. The standard InChI is InChI=1S/C16H21N3O3S/c1-19(10-12-8-14(20)18-16(17-12)23-4)9-11-6-5-7-13(21-2)15(11)22-3/h5-8H,9-10H2,1-4H3,(H,17,18,20). The second-order valence-electron chi connectivity index (χ2n) is 5.07. The molecule has 2 rings (SSSR count). The van der Waals surface area contributed by atoms with Gasteiger partial charge < -0.3 is 14.5 Å². The fraction of sp³-hybridized carbons (Fsp3) is 0.375. The zero-order valence-corrected chi connectivity index (χ0v) is 14.6. The van der Waals surface area contributed by atoms with Crippen molar-refractivity contribution >= 4 is 11.8 Å². The lowest BCUT2D eigenvalue weighted by Crippen LogP contribution is -2.20. The molecule has 1 aromatic carbocycles. The van der Waals surface area contributed by atoms with Crippen molar-refractivity contribution in [3.8, 4) is 11.5 Å². The Kier molecular flexibility index (Phi) is 6.06. The molecule has 1 heterocycles. The van der Waals surface area contributed by atoms with Crippen LogP contribution in [-0.2, 0) is 13.1 Å². The van der Waals surface area contributed by atoms with Crippen LogP contribution in [0.15, 0.2) is 34.2 Å². The van der Waals surface area contributed by atoms with Crippen molar-refractivity contribution in [3.63, 3.8) is 0 Å². The number of hydrogen-bond acceptors (Lipinski definition) is 6. The summed E-state index contributed by atoms with van der Waals surface area (Å²) in [5.74, 6) is 1.43. The van der Waals surface area contributed by atoms with Crippen LogP contribution in [0.2, 0.25) is 0 Å². The number of aromatic nitrogens is 2. The van der Waals surface area contributed by atoms with Gasteiger partial charge in [-0.25, -0.2) is 4.98 Å². The van der Waals surface area contributed by atoms with E-state index in [1.165, 1.54) is 17.8 Å². The van der Waals surface area contributed by atoms with Crippen LogP contribution in [0, 0.1) is 0 Å². The van der Waals surface area contributed by atoms with Crippen LogP contribution in [0.4, 0.5) is 0 Å². The largest absolute Gasteiger partial charge is 0.493 e. The van der Waals surface area contributed by atoms with Gasteiger partial charge in [0.1, 0.15) is 0 Å². The highest BCUT2D eigenvalue weighted by molar-refractivity contribution is 7.98. The van der Waals surface area contributed by atoms with E-state index in [9.17, 15) is 4.79 Å². The molecule has 0 aliphatic heterocycles. The van der Waals surface area contributed by atoms with Gasteiger partial charge in [-0.2, -0.15) is 0 Å². The van der Waals surface area contributed by atoms with Crippen LogP contribution in [0.5, 0.6) is 11.5 Å². The average Bonchev–Trinajstić information content (AvgIpc) is 2.53. The second kappa shape index (κ2) is 8.03. The van der Waals surface area contributed by atoms with E-state index in [4.69, 9.17) is 9.47 Å². The predicted molar refractivity (Wildman–Crippen MR) is 91.4 cm³/mol. The molecule has 0 fully saturated rings. The van der Waals surface area contributed by atoms with E-state index in [2.05, 4.69) is 14.9 Å². The minimum atomic E-state index is -0.133. The number of methoxy groups -OCH3 is 2. The SMILES string of the molecule is COc1cccc(CN(C)Cc2cc(=O)[nH]c(SC)n2)c1OC. The van der Waals surface area contributed by atoms with Crippen LogP contribution < -0.4 is 15.0 Å². The van der Waals surface area contributed by atoms with Crippen molar-refractivity contribution in [2.45, 2.75) is 18.2 Å². The molecule has 0 spiro atoms. The molecule has 23 heavy (non-hydrogen) atoms. The molecule has 0 radical (unpaired) electrons. The molecule has 2 aromatic rings. The number of nitrogens with zero attached hydrogens (tertiary/aromatic N) is 2.